The number of furan rings is 2. The first-order chi connectivity index (χ1) is 48.4. The Labute approximate surface area is 558 Å². The van der Waals surface area contributed by atoms with Crippen molar-refractivity contribution < 1.29 is 8.83 Å². The zero-order valence-corrected chi connectivity index (χ0v) is 52.1. The van der Waals surface area contributed by atoms with Crippen molar-refractivity contribution in [1.82, 2.24) is 18.3 Å². The van der Waals surface area contributed by atoms with Crippen LogP contribution in [0.5, 0.6) is 0 Å². The molecule has 0 aliphatic heterocycles. The van der Waals surface area contributed by atoms with Crippen LogP contribution in [0.25, 0.3) is 176 Å². The normalized spacial score (nSPS) is 11.6. The van der Waals surface area contributed by atoms with Crippen LogP contribution in [-0.4, -0.2) is 18.3 Å². The Morgan fingerprint density at radius 2 is 0.622 bits per heavy atom. The summed E-state index contributed by atoms with van der Waals surface area (Å²) in [7, 11) is 0. The second-order valence-corrected chi connectivity index (χ2v) is 24.8. The van der Waals surface area contributed by atoms with E-state index in [9.17, 15) is 21.0 Å². The number of fused-ring (bicyclic) bond motifs is 20. The molecule has 6 aromatic heterocycles. The lowest BCUT2D eigenvalue weighted by Gasteiger charge is -2.14. The summed E-state index contributed by atoms with van der Waals surface area (Å²) in [6.07, 6.45) is 0. The van der Waals surface area contributed by atoms with Crippen molar-refractivity contribution >= 4 is 131 Å². The number of rotatable bonds is 6. The lowest BCUT2D eigenvalue weighted by molar-refractivity contribution is 0.669. The van der Waals surface area contributed by atoms with Gasteiger partial charge in [0, 0.05) is 70.6 Å². The first-order valence-electron chi connectivity index (χ1n) is 32.3. The molecule has 0 amide bonds. The molecule has 0 N–H and O–H groups in total. The number of benzene rings is 14. The molecule has 10 heteroatoms. The Morgan fingerprint density at radius 3 is 1.09 bits per heavy atom. The smallest absolute Gasteiger partial charge is 0.145 e. The lowest BCUT2D eigenvalue weighted by Crippen LogP contribution is -1.99. The minimum absolute atomic E-state index is 0.551. The van der Waals surface area contributed by atoms with Gasteiger partial charge in [0.05, 0.1) is 95.3 Å². The largest absolute Gasteiger partial charge is 0.456 e. The summed E-state index contributed by atoms with van der Waals surface area (Å²) in [6, 6.07) is 108. The molecule has 0 saturated carbocycles. The molecule has 0 aliphatic rings. The van der Waals surface area contributed by atoms with Crippen molar-refractivity contribution in [3.8, 4) is 69.3 Å². The van der Waals surface area contributed by atoms with E-state index in [2.05, 4.69) is 200 Å². The van der Waals surface area contributed by atoms with Crippen molar-refractivity contribution in [2.45, 2.75) is 0 Å². The van der Waals surface area contributed by atoms with E-state index < -0.39 is 0 Å². The van der Waals surface area contributed by atoms with Gasteiger partial charge in [-0.1, -0.05) is 158 Å². The highest BCUT2D eigenvalue weighted by molar-refractivity contribution is 6.28. The molecule has 0 fully saturated rings. The third kappa shape index (κ3) is 8.30. The molecule has 0 unspecified atom stereocenters. The monoisotopic (exact) mass is 1250 g/mol. The van der Waals surface area contributed by atoms with Gasteiger partial charge in [-0.15, -0.1) is 0 Å². The van der Waals surface area contributed by atoms with Crippen LogP contribution in [0, 0.1) is 45.3 Å². The van der Waals surface area contributed by atoms with Crippen LogP contribution < -0.4 is 0 Å². The molecule has 20 aromatic rings. The van der Waals surface area contributed by atoms with Crippen molar-refractivity contribution in [3.63, 3.8) is 0 Å². The number of para-hydroxylation sites is 8. The van der Waals surface area contributed by atoms with E-state index in [1.54, 1.807) is 0 Å². The van der Waals surface area contributed by atoms with Gasteiger partial charge in [-0.25, -0.2) is 0 Å². The van der Waals surface area contributed by atoms with Crippen LogP contribution in [0.15, 0.2) is 300 Å². The van der Waals surface area contributed by atoms with Gasteiger partial charge in [-0.3, -0.25) is 0 Å². The molecule has 0 radical (unpaired) electrons. The lowest BCUT2D eigenvalue weighted by atomic mass is 9.99. The average molecular weight is 1250 g/mol. The Morgan fingerprint density at radius 1 is 0.235 bits per heavy atom. The molecule has 452 valence electrons. The molecular weight excluding hydrogens is 1200 g/mol. The summed E-state index contributed by atoms with van der Waals surface area (Å²) in [5.74, 6) is 0. The van der Waals surface area contributed by atoms with Gasteiger partial charge >= 0.3 is 0 Å². The number of hydrogen-bond donors (Lipinski definition) is 0. The van der Waals surface area contributed by atoms with Gasteiger partial charge < -0.3 is 27.1 Å². The van der Waals surface area contributed by atoms with Crippen LogP contribution in [0.2, 0.25) is 0 Å². The van der Waals surface area contributed by atoms with Crippen molar-refractivity contribution in [1.29, 1.82) is 21.0 Å². The highest BCUT2D eigenvalue weighted by Crippen LogP contribution is 2.45. The molecule has 0 aliphatic carbocycles. The third-order valence-corrected chi connectivity index (χ3v) is 19.5. The van der Waals surface area contributed by atoms with Crippen LogP contribution >= 0.6 is 0 Å². The molecule has 0 atom stereocenters. The first-order valence-corrected chi connectivity index (χ1v) is 32.3. The Balaban J connectivity index is 0.000000137. The Kier molecular flexibility index (Phi) is 12.3. The molecule has 6 heterocycles. The first kappa shape index (κ1) is 55.5. The summed E-state index contributed by atoms with van der Waals surface area (Å²) in [5, 5.41) is 54.4. The fourth-order valence-corrected chi connectivity index (χ4v) is 15.4. The SMILES string of the molecule is N#Cc1cc(-c2ccc(C#N)c(-n3c4ccccc4c4c5c(ccc43)oc3ccccc35)c2)cc(-n2c3ccccc3c3ccccc32)c1.N#Cc1cc(-c2ccc(C#N)c(-n3c4ccccc4c4c5oc6ccccc6c5ccc43)c2)cc(-n2c3ccccc3c3ccccc32)c1. The third-order valence-electron chi connectivity index (χ3n) is 19.5. The van der Waals surface area contributed by atoms with E-state index in [1.165, 1.54) is 0 Å². The second kappa shape index (κ2) is 21.7. The Bertz CT molecular complexity index is 6900. The number of nitrogens with zero attached hydrogens (tertiary/aromatic N) is 8. The van der Waals surface area contributed by atoms with Gasteiger partial charge in [-0.2, -0.15) is 21.0 Å². The summed E-state index contributed by atoms with van der Waals surface area (Å²) in [6.45, 7) is 0. The number of aromatic nitrogens is 4. The summed E-state index contributed by atoms with van der Waals surface area (Å²) >= 11 is 0. The van der Waals surface area contributed by atoms with Crippen LogP contribution in [-0.2, 0) is 0 Å². The van der Waals surface area contributed by atoms with Crippen molar-refractivity contribution in [2.24, 2.45) is 0 Å². The number of hydrogen-bond acceptors (Lipinski definition) is 6. The number of nitriles is 4. The maximum atomic E-state index is 10.4. The molecule has 10 nitrogen and oxygen atoms in total. The quantitative estimate of drug-likeness (QED) is 0.162. The van der Waals surface area contributed by atoms with E-state index in [0.29, 0.717) is 22.3 Å². The van der Waals surface area contributed by atoms with E-state index in [4.69, 9.17) is 8.83 Å². The van der Waals surface area contributed by atoms with Crippen molar-refractivity contribution in [2.75, 3.05) is 0 Å². The molecular formula is C88H48N8O2. The molecule has 0 saturated heterocycles. The van der Waals surface area contributed by atoms with E-state index >= 15 is 0 Å². The zero-order valence-electron chi connectivity index (χ0n) is 52.1. The maximum absolute atomic E-state index is 10.4. The zero-order chi connectivity index (χ0) is 65.3. The minimum Gasteiger partial charge on any atom is -0.456 e. The highest BCUT2D eigenvalue weighted by Gasteiger charge is 2.24. The van der Waals surface area contributed by atoms with Crippen LogP contribution in [0.4, 0.5) is 0 Å². The molecule has 98 heavy (non-hydrogen) atoms. The van der Waals surface area contributed by atoms with E-state index in [-0.39, 0.29) is 0 Å². The topological polar surface area (TPSA) is 141 Å². The predicted octanol–water partition coefficient (Wildman–Crippen LogP) is 22.4. The van der Waals surface area contributed by atoms with Gasteiger partial charge in [0.1, 0.15) is 34.5 Å². The van der Waals surface area contributed by atoms with Gasteiger partial charge in [0.15, 0.2) is 0 Å². The van der Waals surface area contributed by atoms with Crippen LogP contribution in [0.1, 0.15) is 22.3 Å². The maximum Gasteiger partial charge on any atom is 0.145 e. The molecule has 0 bridgehead atoms. The Hall–Kier alpha value is -14.2. The van der Waals surface area contributed by atoms with E-state index in [0.717, 1.165) is 176 Å². The van der Waals surface area contributed by atoms with Gasteiger partial charge in [0.2, 0.25) is 0 Å². The predicted molar refractivity (Wildman–Crippen MR) is 395 cm³/mol. The second-order valence-electron chi connectivity index (χ2n) is 24.8. The summed E-state index contributed by atoms with van der Waals surface area (Å²) in [5.41, 5.74) is 20.8. The highest BCUT2D eigenvalue weighted by atomic mass is 16.3. The van der Waals surface area contributed by atoms with Crippen LogP contribution in [0.3, 0.4) is 0 Å². The fraction of sp³-hybridized carbons (Fsp3) is 0. The molecule has 20 rings (SSSR count). The standard InChI is InChI=1S/2C44H24N4O/c45-25-27-21-30(23-31(22-27)47-37-13-5-1-9-32(37)33-10-2-6-14-38(33)47)28-17-18-29(26-46)41(24-28)48-39-15-7-3-12-36(39)43-40(48)20-19-35-34-11-4-8-16-42(34)49-44(35)43;45-25-27-21-30(23-31(22-27)47-36-13-5-1-9-32(36)33-10-2-6-14-37(33)47)28-17-18-29(26-46)40(24-28)48-38-15-7-3-11-34(38)43-39(48)19-20-42-44(43)35-12-4-8-16-41(35)49-42/h2*1-24H. The van der Waals surface area contributed by atoms with Crippen molar-refractivity contribution in [3.05, 3.63) is 313 Å². The summed E-state index contributed by atoms with van der Waals surface area (Å²) < 4.78 is 21.6. The summed E-state index contributed by atoms with van der Waals surface area (Å²) in [4.78, 5) is 0. The minimum atomic E-state index is 0.551. The van der Waals surface area contributed by atoms with Gasteiger partial charge in [-0.05, 0) is 156 Å². The average Bonchev–Trinajstić information content (AvgIpc) is 1.57. The molecule has 14 aromatic carbocycles. The van der Waals surface area contributed by atoms with Gasteiger partial charge in [0.25, 0.3) is 0 Å². The van der Waals surface area contributed by atoms with E-state index in [1.807, 2.05) is 133 Å². The fourth-order valence-electron chi connectivity index (χ4n) is 15.4. The molecule has 0 spiro atoms.